The third-order valence-corrected chi connectivity index (χ3v) is 6.99. The molecule has 1 heterocycles. The highest BCUT2D eigenvalue weighted by atomic mass is 32.2. The van der Waals surface area contributed by atoms with E-state index < -0.39 is 20.0 Å². The first-order chi connectivity index (χ1) is 11.2. The summed E-state index contributed by atoms with van der Waals surface area (Å²) in [6.07, 6.45) is 1.51. The van der Waals surface area contributed by atoms with Crippen molar-refractivity contribution >= 4 is 25.7 Å². The monoisotopic (exact) mass is 366 g/mol. The number of benzene rings is 2. The van der Waals surface area contributed by atoms with E-state index in [1.54, 1.807) is 12.1 Å². The molecule has 0 bridgehead atoms. The normalized spacial score (nSPS) is 18.2. The Bertz CT molecular complexity index is 985. The molecular weight excluding hydrogens is 348 g/mol. The van der Waals surface area contributed by atoms with Crippen LogP contribution >= 0.6 is 0 Å². The van der Waals surface area contributed by atoms with Crippen molar-refractivity contribution in [3.63, 3.8) is 0 Å². The second-order valence-electron chi connectivity index (χ2n) is 5.84. The molecule has 128 valence electrons. The molecule has 0 saturated carbocycles. The van der Waals surface area contributed by atoms with Crippen LogP contribution in [0.5, 0.6) is 0 Å². The SMILES string of the molecule is C[C@H]1CCc2ccccc2N1S(=O)(=O)c1cccc(S(N)(=O)=O)c1. The lowest BCUT2D eigenvalue weighted by Crippen LogP contribution is -2.42. The van der Waals surface area contributed by atoms with Gasteiger partial charge < -0.3 is 0 Å². The quantitative estimate of drug-likeness (QED) is 0.896. The van der Waals surface area contributed by atoms with Gasteiger partial charge in [0.05, 0.1) is 15.5 Å². The van der Waals surface area contributed by atoms with Gasteiger partial charge in [-0.2, -0.15) is 0 Å². The van der Waals surface area contributed by atoms with Crippen molar-refractivity contribution in [2.75, 3.05) is 4.31 Å². The molecular formula is C16H18N2O4S2. The summed E-state index contributed by atoms with van der Waals surface area (Å²) in [5.41, 5.74) is 1.60. The molecule has 2 aromatic rings. The Balaban J connectivity index is 2.15. The van der Waals surface area contributed by atoms with Crippen LogP contribution in [0.15, 0.2) is 58.3 Å². The average Bonchev–Trinajstić information content (AvgIpc) is 2.53. The first-order valence-corrected chi connectivity index (χ1v) is 10.4. The maximum absolute atomic E-state index is 13.1. The fourth-order valence-corrected chi connectivity index (χ4v) is 5.35. The summed E-state index contributed by atoms with van der Waals surface area (Å²) in [6.45, 7) is 1.84. The number of hydrogen-bond donors (Lipinski definition) is 1. The second kappa shape index (κ2) is 5.87. The lowest BCUT2D eigenvalue weighted by molar-refractivity contribution is 0.563. The predicted molar refractivity (Wildman–Crippen MR) is 91.7 cm³/mol. The van der Waals surface area contributed by atoms with Crippen LogP contribution in [0.25, 0.3) is 0 Å². The lowest BCUT2D eigenvalue weighted by atomic mass is 9.99. The third-order valence-electron chi connectivity index (χ3n) is 4.15. The van der Waals surface area contributed by atoms with Gasteiger partial charge >= 0.3 is 0 Å². The first-order valence-electron chi connectivity index (χ1n) is 7.46. The summed E-state index contributed by atoms with van der Waals surface area (Å²) in [5.74, 6) is 0. The van der Waals surface area contributed by atoms with Gasteiger partial charge in [-0.1, -0.05) is 24.3 Å². The number of rotatable bonds is 3. The Hall–Kier alpha value is -1.90. The van der Waals surface area contributed by atoms with Crippen molar-refractivity contribution in [1.29, 1.82) is 0 Å². The van der Waals surface area contributed by atoms with Gasteiger partial charge in [0.1, 0.15) is 0 Å². The summed E-state index contributed by atoms with van der Waals surface area (Å²) < 4.78 is 50.7. The maximum Gasteiger partial charge on any atom is 0.264 e. The van der Waals surface area contributed by atoms with Crippen LogP contribution < -0.4 is 9.44 Å². The largest absolute Gasteiger partial charge is 0.264 e. The molecule has 0 amide bonds. The highest BCUT2D eigenvalue weighted by Gasteiger charge is 2.34. The number of fused-ring (bicyclic) bond motifs is 1. The second-order valence-corrected chi connectivity index (χ2v) is 9.21. The number of sulfonamides is 2. The zero-order valence-electron chi connectivity index (χ0n) is 13.1. The summed E-state index contributed by atoms with van der Waals surface area (Å²) in [4.78, 5) is -0.306. The Kier molecular flexibility index (Phi) is 4.15. The van der Waals surface area contributed by atoms with Crippen molar-refractivity contribution in [2.24, 2.45) is 5.14 Å². The summed E-state index contributed by atoms with van der Waals surface area (Å²) in [5, 5.41) is 5.12. The average molecular weight is 366 g/mol. The van der Waals surface area contributed by atoms with Gasteiger partial charge in [-0.15, -0.1) is 0 Å². The zero-order chi connectivity index (χ0) is 17.5. The molecule has 8 heteroatoms. The van der Waals surface area contributed by atoms with E-state index in [4.69, 9.17) is 5.14 Å². The van der Waals surface area contributed by atoms with Crippen LogP contribution in [0.1, 0.15) is 18.9 Å². The number of para-hydroxylation sites is 1. The van der Waals surface area contributed by atoms with Gasteiger partial charge in [-0.05, 0) is 49.6 Å². The molecule has 0 aromatic heterocycles. The molecule has 1 atom stereocenters. The molecule has 0 spiro atoms. The van der Waals surface area contributed by atoms with Crippen LogP contribution in [0.3, 0.4) is 0 Å². The van der Waals surface area contributed by atoms with E-state index in [9.17, 15) is 16.8 Å². The molecule has 0 radical (unpaired) electrons. The van der Waals surface area contributed by atoms with Gasteiger partial charge in [0, 0.05) is 6.04 Å². The van der Waals surface area contributed by atoms with E-state index >= 15 is 0 Å². The van der Waals surface area contributed by atoms with E-state index in [2.05, 4.69) is 0 Å². The van der Waals surface area contributed by atoms with E-state index in [0.29, 0.717) is 12.1 Å². The third kappa shape index (κ3) is 2.92. The van der Waals surface area contributed by atoms with Crippen molar-refractivity contribution in [1.82, 2.24) is 0 Å². The van der Waals surface area contributed by atoms with Crippen LogP contribution in [-0.2, 0) is 26.5 Å². The van der Waals surface area contributed by atoms with Gasteiger partial charge in [-0.3, -0.25) is 4.31 Å². The molecule has 1 aliphatic heterocycles. The fourth-order valence-electron chi connectivity index (χ4n) is 2.95. The van der Waals surface area contributed by atoms with Gasteiger partial charge in [0.2, 0.25) is 10.0 Å². The lowest BCUT2D eigenvalue weighted by Gasteiger charge is -2.36. The van der Waals surface area contributed by atoms with Crippen molar-refractivity contribution < 1.29 is 16.8 Å². The molecule has 24 heavy (non-hydrogen) atoms. The first kappa shape index (κ1) is 16.9. The summed E-state index contributed by atoms with van der Waals surface area (Å²) in [6, 6.07) is 12.3. The maximum atomic E-state index is 13.1. The standard InChI is InChI=1S/C16H18N2O4S2/c1-12-9-10-13-5-2-3-8-16(13)18(12)24(21,22)15-7-4-6-14(11-15)23(17,19)20/h2-8,11-12H,9-10H2,1H3,(H2,17,19,20)/t12-/m0/s1. The van der Waals surface area contributed by atoms with E-state index in [1.807, 2.05) is 19.1 Å². The topological polar surface area (TPSA) is 97.5 Å². The van der Waals surface area contributed by atoms with E-state index in [-0.39, 0.29) is 15.8 Å². The van der Waals surface area contributed by atoms with Crippen LogP contribution in [0.4, 0.5) is 5.69 Å². The molecule has 0 aliphatic carbocycles. The number of aryl methyl sites for hydroxylation is 1. The van der Waals surface area contributed by atoms with Crippen LogP contribution in [0.2, 0.25) is 0 Å². The van der Waals surface area contributed by atoms with Crippen LogP contribution in [-0.4, -0.2) is 22.9 Å². The number of anilines is 1. The number of nitrogens with two attached hydrogens (primary N) is 1. The van der Waals surface area contributed by atoms with Crippen molar-refractivity contribution in [3.05, 3.63) is 54.1 Å². The molecule has 2 aromatic carbocycles. The van der Waals surface area contributed by atoms with E-state index in [0.717, 1.165) is 18.1 Å². The fraction of sp³-hybridized carbons (Fsp3) is 0.250. The molecule has 1 aliphatic rings. The highest BCUT2D eigenvalue weighted by Crippen LogP contribution is 2.35. The molecule has 0 unspecified atom stereocenters. The van der Waals surface area contributed by atoms with Gasteiger partial charge in [0.15, 0.2) is 0 Å². The Labute approximate surface area is 142 Å². The Morgan fingerprint density at radius 2 is 1.67 bits per heavy atom. The molecule has 3 rings (SSSR count). The Morgan fingerprint density at radius 1 is 1.00 bits per heavy atom. The molecule has 0 fully saturated rings. The highest BCUT2D eigenvalue weighted by molar-refractivity contribution is 7.93. The van der Waals surface area contributed by atoms with Gasteiger partial charge in [0.25, 0.3) is 10.0 Å². The summed E-state index contributed by atoms with van der Waals surface area (Å²) in [7, 11) is -7.87. The van der Waals surface area contributed by atoms with Crippen LogP contribution in [0, 0.1) is 0 Å². The predicted octanol–water partition coefficient (Wildman–Crippen LogP) is 1.86. The Morgan fingerprint density at radius 3 is 2.38 bits per heavy atom. The van der Waals surface area contributed by atoms with E-state index in [1.165, 1.54) is 22.5 Å². The minimum Gasteiger partial charge on any atom is -0.263 e. The van der Waals surface area contributed by atoms with Gasteiger partial charge in [-0.25, -0.2) is 22.0 Å². The number of hydrogen-bond acceptors (Lipinski definition) is 4. The minimum atomic E-state index is -3.97. The number of nitrogens with zero attached hydrogens (tertiary/aromatic N) is 1. The minimum absolute atomic E-state index is 0.0856. The smallest absolute Gasteiger partial charge is 0.263 e. The number of primary sulfonamides is 1. The molecule has 2 N–H and O–H groups in total. The van der Waals surface area contributed by atoms with Crippen molar-refractivity contribution in [2.45, 2.75) is 35.6 Å². The summed E-state index contributed by atoms with van der Waals surface area (Å²) >= 11 is 0. The zero-order valence-corrected chi connectivity index (χ0v) is 14.7. The molecule has 6 nitrogen and oxygen atoms in total. The molecule has 0 saturated heterocycles. The van der Waals surface area contributed by atoms with Crippen molar-refractivity contribution in [3.8, 4) is 0 Å².